The van der Waals surface area contributed by atoms with Gasteiger partial charge in [-0.2, -0.15) is 8.78 Å². The molecule has 0 aromatic carbocycles. The summed E-state index contributed by atoms with van der Waals surface area (Å²) in [6.07, 6.45) is 0.734. The summed E-state index contributed by atoms with van der Waals surface area (Å²) in [7, 11) is 0. The standard InChI is InChI=1S/C5H5F3/c6-4-2-1-3-5(4,7)8/h2H,1,3H2. The van der Waals surface area contributed by atoms with Crippen molar-refractivity contribution >= 4 is 0 Å². The smallest absolute Gasteiger partial charge is 0.206 e. The van der Waals surface area contributed by atoms with Gasteiger partial charge in [0.25, 0.3) is 5.92 Å². The van der Waals surface area contributed by atoms with Crippen LogP contribution in [0, 0.1) is 0 Å². The normalized spacial score (nSPS) is 25.6. The van der Waals surface area contributed by atoms with Gasteiger partial charge in [-0.3, -0.25) is 0 Å². The molecule has 0 unspecified atom stereocenters. The van der Waals surface area contributed by atoms with Crippen LogP contribution in [0.25, 0.3) is 0 Å². The molecule has 0 spiro atoms. The molecular formula is C5H5F3. The van der Waals surface area contributed by atoms with Gasteiger partial charge in [0.05, 0.1) is 0 Å². The molecule has 0 saturated carbocycles. The summed E-state index contributed by atoms with van der Waals surface area (Å²) in [6.45, 7) is 0. The van der Waals surface area contributed by atoms with Gasteiger partial charge in [0.1, 0.15) is 0 Å². The summed E-state index contributed by atoms with van der Waals surface area (Å²) >= 11 is 0. The average Bonchev–Trinajstić information content (AvgIpc) is 1.86. The molecule has 0 heterocycles. The number of rotatable bonds is 0. The van der Waals surface area contributed by atoms with E-state index in [4.69, 9.17) is 0 Å². The van der Waals surface area contributed by atoms with Crippen molar-refractivity contribution in [2.75, 3.05) is 0 Å². The van der Waals surface area contributed by atoms with Gasteiger partial charge in [0, 0.05) is 6.42 Å². The van der Waals surface area contributed by atoms with Gasteiger partial charge < -0.3 is 0 Å². The summed E-state index contributed by atoms with van der Waals surface area (Å²) in [6, 6.07) is 0. The quantitative estimate of drug-likeness (QED) is 0.462. The fourth-order valence-corrected chi connectivity index (χ4v) is 0.649. The number of hydrogen-bond acceptors (Lipinski definition) is 0. The Balaban J connectivity index is 2.73. The number of halogens is 3. The molecule has 0 aliphatic heterocycles. The van der Waals surface area contributed by atoms with Crippen molar-refractivity contribution in [3.8, 4) is 0 Å². The molecule has 0 bridgehead atoms. The monoisotopic (exact) mass is 122 g/mol. The molecule has 8 heavy (non-hydrogen) atoms. The van der Waals surface area contributed by atoms with Crippen LogP contribution in [0.4, 0.5) is 13.2 Å². The first-order valence-electron chi connectivity index (χ1n) is 2.37. The lowest BCUT2D eigenvalue weighted by Crippen LogP contribution is -2.10. The molecule has 0 atom stereocenters. The minimum absolute atomic E-state index is 0.166. The van der Waals surface area contributed by atoms with E-state index in [0.717, 1.165) is 6.08 Å². The van der Waals surface area contributed by atoms with E-state index < -0.39 is 11.7 Å². The Labute approximate surface area is 45.0 Å². The Morgan fingerprint density at radius 2 is 2.12 bits per heavy atom. The molecular weight excluding hydrogens is 117 g/mol. The molecule has 0 N–H and O–H groups in total. The van der Waals surface area contributed by atoms with Crippen LogP contribution in [0.5, 0.6) is 0 Å². The molecule has 3 heteroatoms. The maximum absolute atomic E-state index is 11.9. The zero-order chi connectivity index (χ0) is 6.20. The fourth-order valence-electron chi connectivity index (χ4n) is 0.649. The van der Waals surface area contributed by atoms with Crippen LogP contribution < -0.4 is 0 Å². The predicted octanol–water partition coefficient (Wildman–Crippen LogP) is 2.27. The SMILES string of the molecule is FC1=CCCC1(F)F. The summed E-state index contributed by atoms with van der Waals surface area (Å²) in [5.41, 5.74) is 0. The van der Waals surface area contributed by atoms with Crippen LogP contribution in [0.2, 0.25) is 0 Å². The van der Waals surface area contributed by atoms with Gasteiger partial charge in [-0.25, -0.2) is 4.39 Å². The Morgan fingerprint density at radius 3 is 2.25 bits per heavy atom. The van der Waals surface area contributed by atoms with E-state index in [1.165, 1.54) is 0 Å². The van der Waals surface area contributed by atoms with Gasteiger partial charge in [-0.05, 0) is 12.5 Å². The van der Waals surface area contributed by atoms with Gasteiger partial charge in [0.15, 0.2) is 5.83 Å². The number of alkyl halides is 2. The molecule has 1 rings (SSSR count). The largest absolute Gasteiger partial charge is 0.298 e. The zero-order valence-corrected chi connectivity index (χ0v) is 4.13. The second-order valence-electron chi connectivity index (χ2n) is 1.80. The molecule has 0 saturated heterocycles. The van der Waals surface area contributed by atoms with Crippen molar-refractivity contribution in [2.45, 2.75) is 18.8 Å². The Morgan fingerprint density at radius 1 is 1.50 bits per heavy atom. The summed E-state index contributed by atoms with van der Waals surface area (Å²) < 4.78 is 35.6. The molecule has 0 aromatic rings. The predicted molar refractivity (Wildman–Crippen MR) is 23.4 cm³/mol. The minimum Gasteiger partial charge on any atom is -0.206 e. The Hall–Kier alpha value is -0.470. The van der Waals surface area contributed by atoms with Crippen molar-refractivity contribution < 1.29 is 13.2 Å². The number of allylic oxidation sites excluding steroid dienone is 2. The lowest BCUT2D eigenvalue weighted by molar-refractivity contribution is 0.0216. The first-order chi connectivity index (χ1) is 3.63. The van der Waals surface area contributed by atoms with Gasteiger partial charge in [-0.1, -0.05) is 0 Å². The first kappa shape index (κ1) is 5.66. The second-order valence-corrected chi connectivity index (χ2v) is 1.80. The average molecular weight is 122 g/mol. The van der Waals surface area contributed by atoms with Crippen molar-refractivity contribution in [1.29, 1.82) is 0 Å². The highest BCUT2D eigenvalue weighted by Gasteiger charge is 2.37. The van der Waals surface area contributed by atoms with Crippen LogP contribution in [-0.4, -0.2) is 5.92 Å². The van der Waals surface area contributed by atoms with E-state index in [0.29, 0.717) is 0 Å². The van der Waals surface area contributed by atoms with Crippen LogP contribution in [0.3, 0.4) is 0 Å². The Bertz CT molecular complexity index is 126. The highest BCUT2D eigenvalue weighted by Crippen LogP contribution is 2.35. The molecule has 1 aliphatic rings. The molecule has 0 radical (unpaired) electrons. The molecule has 0 fully saturated rings. The lowest BCUT2D eigenvalue weighted by Gasteiger charge is -2.04. The molecule has 1 aliphatic carbocycles. The van der Waals surface area contributed by atoms with E-state index in [2.05, 4.69) is 0 Å². The lowest BCUT2D eigenvalue weighted by atomic mass is 10.3. The van der Waals surface area contributed by atoms with E-state index in [9.17, 15) is 13.2 Å². The third kappa shape index (κ3) is 0.723. The van der Waals surface area contributed by atoms with Gasteiger partial charge in [-0.15, -0.1) is 0 Å². The van der Waals surface area contributed by atoms with Crippen LogP contribution in [0.15, 0.2) is 11.9 Å². The van der Waals surface area contributed by atoms with Gasteiger partial charge in [0.2, 0.25) is 0 Å². The topological polar surface area (TPSA) is 0 Å². The van der Waals surface area contributed by atoms with Gasteiger partial charge >= 0.3 is 0 Å². The molecule has 0 aromatic heterocycles. The summed E-state index contributed by atoms with van der Waals surface area (Å²) in [4.78, 5) is 0. The third-order valence-corrected chi connectivity index (χ3v) is 1.13. The third-order valence-electron chi connectivity index (χ3n) is 1.13. The van der Waals surface area contributed by atoms with E-state index in [1.807, 2.05) is 0 Å². The van der Waals surface area contributed by atoms with Crippen LogP contribution in [0.1, 0.15) is 12.8 Å². The summed E-state index contributed by atoms with van der Waals surface area (Å²) in [5.74, 6) is -4.42. The summed E-state index contributed by atoms with van der Waals surface area (Å²) in [5, 5.41) is 0. The van der Waals surface area contributed by atoms with Crippen molar-refractivity contribution in [3.63, 3.8) is 0 Å². The molecule has 0 amide bonds. The molecule has 0 nitrogen and oxygen atoms in total. The zero-order valence-electron chi connectivity index (χ0n) is 4.13. The van der Waals surface area contributed by atoms with Crippen molar-refractivity contribution in [1.82, 2.24) is 0 Å². The van der Waals surface area contributed by atoms with Crippen LogP contribution >= 0.6 is 0 Å². The molecule has 46 valence electrons. The maximum Gasteiger partial charge on any atom is 0.298 e. The maximum atomic E-state index is 11.9. The fraction of sp³-hybridized carbons (Fsp3) is 0.600. The minimum atomic E-state index is -3.15. The Kier molecular flexibility index (Phi) is 1.06. The second kappa shape index (κ2) is 1.50. The van der Waals surface area contributed by atoms with Crippen molar-refractivity contribution in [2.24, 2.45) is 0 Å². The first-order valence-corrected chi connectivity index (χ1v) is 2.37. The van der Waals surface area contributed by atoms with E-state index >= 15 is 0 Å². The van der Waals surface area contributed by atoms with Crippen LogP contribution in [-0.2, 0) is 0 Å². The highest BCUT2D eigenvalue weighted by atomic mass is 19.3. The highest BCUT2D eigenvalue weighted by molar-refractivity contribution is 5.10. The van der Waals surface area contributed by atoms with E-state index in [1.54, 1.807) is 0 Å². The van der Waals surface area contributed by atoms with Crippen molar-refractivity contribution in [3.05, 3.63) is 11.9 Å². The number of hydrogen-bond donors (Lipinski definition) is 0. The van der Waals surface area contributed by atoms with E-state index in [-0.39, 0.29) is 12.8 Å².